The van der Waals surface area contributed by atoms with Crippen molar-refractivity contribution in [3.05, 3.63) is 0 Å². The highest BCUT2D eigenvalue weighted by Gasteiger charge is 2.29. The molecule has 0 fully saturated rings. The van der Waals surface area contributed by atoms with Crippen molar-refractivity contribution in [1.82, 2.24) is 0 Å². The van der Waals surface area contributed by atoms with Gasteiger partial charge < -0.3 is 14.0 Å². The minimum absolute atomic E-state index is 0.706. The Balaban J connectivity index is 4.02. The monoisotopic (exact) mass is 184 g/mol. The zero-order chi connectivity index (χ0) is 8.41. The van der Waals surface area contributed by atoms with Gasteiger partial charge in [0.25, 0.3) is 0 Å². The van der Waals surface area contributed by atoms with Crippen LogP contribution in [0.5, 0.6) is 0 Å². The molecule has 0 aromatic rings. The first-order valence-corrected chi connectivity index (χ1v) is 7.68. The Morgan fingerprint density at radius 2 is 1.90 bits per heavy atom. The summed E-state index contributed by atoms with van der Waals surface area (Å²) < 4.78 is 14.9. The molecular weight excluding hydrogens is 171 g/mol. The Morgan fingerprint density at radius 1 is 1.50 bits per heavy atom. The first-order valence-electron chi connectivity index (χ1n) is 3.03. The molecule has 0 aromatic carbocycles. The van der Waals surface area contributed by atoms with E-state index in [2.05, 4.69) is 4.21 Å². The lowest BCUT2D eigenvalue weighted by molar-refractivity contribution is 0.280. The summed E-state index contributed by atoms with van der Waals surface area (Å²) in [4.78, 5) is 16.8. The van der Waals surface area contributed by atoms with Gasteiger partial charge >= 0.3 is 7.82 Å². The van der Waals surface area contributed by atoms with Gasteiger partial charge in [0.2, 0.25) is 8.32 Å². The average molecular weight is 184 g/mol. The zero-order valence-electron chi connectivity index (χ0n) is 6.37. The van der Waals surface area contributed by atoms with E-state index < -0.39 is 16.1 Å². The molecule has 0 heterocycles. The predicted octanol–water partition coefficient (Wildman–Crippen LogP) is 1.32. The van der Waals surface area contributed by atoms with Crippen molar-refractivity contribution >= 4 is 16.1 Å². The Morgan fingerprint density at radius 3 is 2.00 bits per heavy atom. The SMILES string of the molecule is CC[Si](C)(C)OP(=O)(O)O. The van der Waals surface area contributed by atoms with Gasteiger partial charge in [-0.05, 0) is 19.1 Å². The quantitative estimate of drug-likeness (QED) is 0.512. The van der Waals surface area contributed by atoms with E-state index in [1.54, 1.807) is 13.1 Å². The van der Waals surface area contributed by atoms with Crippen LogP contribution < -0.4 is 0 Å². The predicted molar refractivity (Wildman–Crippen MR) is 41.1 cm³/mol. The second-order valence-corrected chi connectivity index (χ2v) is 8.63. The summed E-state index contributed by atoms with van der Waals surface area (Å²) in [5.74, 6) is 0. The van der Waals surface area contributed by atoms with Gasteiger partial charge in [0.05, 0.1) is 0 Å². The number of phosphoric acid groups is 1. The van der Waals surface area contributed by atoms with E-state index in [1.165, 1.54) is 0 Å². The molecule has 0 aromatic heterocycles. The van der Waals surface area contributed by atoms with Crippen LogP contribution in [0.4, 0.5) is 0 Å². The van der Waals surface area contributed by atoms with Gasteiger partial charge in [0.15, 0.2) is 0 Å². The van der Waals surface area contributed by atoms with E-state index in [4.69, 9.17) is 9.79 Å². The molecule has 0 rings (SSSR count). The van der Waals surface area contributed by atoms with Gasteiger partial charge in [0, 0.05) is 0 Å². The molecule has 62 valence electrons. The third-order valence-electron chi connectivity index (χ3n) is 1.22. The van der Waals surface area contributed by atoms with Crippen molar-refractivity contribution in [3.63, 3.8) is 0 Å². The highest BCUT2D eigenvalue weighted by atomic mass is 31.2. The third kappa shape index (κ3) is 5.14. The second kappa shape index (κ2) is 3.15. The van der Waals surface area contributed by atoms with Crippen molar-refractivity contribution in [2.24, 2.45) is 0 Å². The van der Waals surface area contributed by atoms with Crippen molar-refractivity contribution in [2.75, 3.05) is 0 Å². The van der Waals surface area contributed by atoms with Crippen LogP contribution in [0.25, 0.3) is 0 Å². The Labute approximate surface area is 61.6 Å². The highest BCUT2D eigenvalue weighted by Crippen LogP contribution is 2.40. The molecule has 0 spiro atoms. The normalized spacial score (nSPS) is 13.7. The summed E-state index contributed by atoms with van der Waals surface area (Å²) in [6, 6.07) is 0.706. The fourth-order valence-electron chi connectivity index (χ4n) is 0.386. The van der Waals surface area contributed by atoms with Crippen LogP contribution >= 0.6 is 7.82 Å². The topological polar surface area (TPSA) is 66.8 Å². The standard InChI is InChI=1S/C4H13O4PSi/c1-4-10(2,3)8-9(5,6)7/h4H2,1-3H3,(H2,5,6,7). The van der Waals surface area contributed by atoms with Gasteiger partial charge in [-0.15, -0.1) is 0 Å². The maximum atomic E-state index is 10.3. The fraction of sp³-hybridized carbons (Fsp3) is 1.00. The van der Waals surface area contributed by atoms with Gasteiger partial charge in [-0.1, -0.05) is 6.92 Å². The molecule has 0 saturated heterocycles. The molecule has 0 bridgehead atoms. The molecule has 0 radical (unpaired) electrons. The van der Waals surface area contributed by atoms with Crippen LogP contribution in [0.2, 0.25) is 19.1 Å². The zero-order valence-corrected chi connectivity index (χ0v) is 8.26. The lowest BCUT2D eigenvalue weighted by atomic mass is 11.0. The minimum atomic E-state index is -4.24. The van der Waals surface area contributed by atoms with E-state index >= 15 is 0 Å². The van der Waals surface area contributed by atoms with Crippen molar-refractivity contribution in [3.8, 4) is 0 Å². The Hall–Kier alpha value is 0.327. The first-order chi connectivity index (χ1) is 4.27. The maximum Gasteiger partial charge on any atom is 0.459 e. The van der Waals surface area contributed by atoms with E-state index in [9.17, 15) is 4.57 Å². The summed E-state index contributed by atoms with van der Waals surface area (Å²) in [5.41, 5.74) is 0. The average Bonchev–Trinajstić information content (AvgIpc) is 1.60. The molecule has 2 N–H and O–H groups in total. The number of hydrogen-bond donors (Lipinski definition) is 2. The molecule has 0 aliphatic carbocycles. The molecule has 0 amide bonds. The summed E-state index contributed by atoms with van der Waals surface area (Å²) in [6.45, 7) is 5.40. The van der Waals surface area contributed by atoms with E-state index in [0.29, 0.717) is 6.04 Å². The summed E-state index contributed by atoms with van der Waals surface area (Å²) in [6.07, 6.45) is 0. The largest absolute Gasteiger partial charge is 0.459 e. The lowest BCUT2D eigenvalue weighted by Crippen LogP contribution is -2.27. The lowest BCUT2D eigenvalue weighted by Gasteiger charge is -2.20. The summed E-state index contributed by atoms with van der Waals surface area (Å²) in [5, 5.41) is 0. The Bertz CT molecular complexity index is 151. The molecule has 0 atom stereocenters. The van der Waals surface area contributed by atoms with E-state index in [0.717, 1.165) is 0 Å². The second-order valence-electron chi connectivity index (χ2n) is 2.70. The van der Waals surface area contributed by atoms with Crippen LogP contribution in [0.3, 0.4) is 0 Å². The summed E-state index contributed by atoms with van der Waals surface area (Å²) in [7, 11) is -6.32. The van der Waals surface area contributed by atoms with Gasteiger partial charge in [0.1, 0.15) is 0 Å². The molecule has 0 aliphatic heterocycles. The van der Waals surface area contributed by atoms with Crippen LogP contribution in [-0.4, -0.2) is 18.1 Å². The Kier molecular flexibility index (Phi) is 3.25. The number of rotatable bonds is 3. The fourth-order valence-corrected chi connectivity index (χ4v) is 3.48. The first kappa shape index (κ1) is 10.3. The molecule has 0 saturated carbocycles. The van der Waals surface area contributed by atoms with Crippen LogP contribution in [0.1, 0.15) is 6.92 Å². The van der Waals surface area contributed by atoms with E-state index in [1.807, 2.05) is 6.92 Å². The molecular formula is C4H13O4PSi. The van der Waals surface area contributed by atoms with Crippen molar-refractivity contribution < 1.29 is 18.6 Å². The van der Waals surface area contributed by atoms with Crippen LogP contribution in [-0.2, 0) is 8.78 Å². The van der Waals surface area contributed by atoms with Crippen LogP contribution in [0, 0.1) is 0 Å². The molecule has 10 heavy (non-hydrogen) atoms. The van der Waals surface area contributed by atoms with Crippen molar-refractivity contribution in [2.45, 2.75) is 26.1 Å². The third-order valence-corrected chi connectivity index (χ3v) is 5.85. The van der Waals surface area contributed by atoms with Crippen LogP contribution in [0.15, 0.2) is 0 Å². The molecule has 0 aliphatic rings. The van der Waals surface area contributed by atoms with Gasteiger partial charge in [-0.2, -0.15) is 0 Å². The van der Waals surface area contributed by atoms with Gasteiger partial charge in [-0.25, -0.2) is 4.57 Å². The molecule has 0 unspecified atom stereocenters. The minimum Gasteiger partial charge on any atom is -0.330 e. The molecule has 6 heteroatoms. The highest BCUT2D eigenvalue weighted by molar-refractivity contribution is 7.48. The van der Waals surface area contributed by atoms with E-state index in [-0.39, 0.29) is 0 Å². The molecule has 4 nitrogen and oxygen atoms in total. The summed E-state index contributed by atoms with van der Waals surface area (Å²) >= 11 is 0. The maximum absolute atomic E-state index is 10.3. The number of hydrogen-bond acceptors (Lipinski definition) is 2. The smallest absolute Gasteiger partial charge is 0.330 e. The van der Waals surface area contributed by atoms with Crippen molar-refractivity contribution in [1.29, 1.82) is 0 Å². The van der Waals surface area contributed by atoms with Gasteiger partial charge in [-0.3, -0.25) is 0 Å².